The monoisotopic (exact) mass is 746 g/mol. The van der Waals surface area contributed by atoms with E-state index in [0.717, 1.165) is 96.9 Å². The van der Waals surface area contributed by atoms with Gasteiger partial charge < -0.3 is 40.5 Å². The van der Waals surface area contributed by atoms with Crippen LogP contribution in [-0.4, -0.2) is 99.0 Å². The van der Waals surface area contributed by atoms with Gasteiger partial charge in [0.25, 0.3) is 5.91 Å². The van der Waals surface area contributed by atoms with Crippen molar-refractivity contribution in [1.29, 1.82) is 0 Å². The molecule has 1 aliphatic carbocycles. The largest absolute Gasteiger partial charge is 0.436 e. The van der Waals surface area contributed by atoms with Crippen LogP contribution in [0, 0.1) is 11.8 Å². The molecule has 4 aliphatic rings. The predicted molar refractivity (Wildman–Crippen MR) is 209 cm³/mol. The zero-order valence-electron chi connectivity index (χ0n) is 31.7. The Hall–Kier alpha value is -5.66. The molecule has 4 aromatic rings. The number of nitrogens with one attached hydrogen (secondary N) is 5. The number of alkyl carbamates (subject to hydrolysis) is 1. The summed E-state index contributed by atoms with van der Waals surface area (Å²) in [6, 6.07) is 16.1. The number of aromatic amines is 2. The lowest BCUT2D eigenvalue weighted by Gasteiger charge is -2.30. The SMILES string of the molecule is CNC(=O)O[C@H](C(=O)N1CCC[C@H]1c1ncc(-c2ccc(-c3ccc(-c4cnc([C@@H]5CCCN5C(=O)[C@H](NC5=NCCN5)C(C)C)[nH]4)cc3)cc2)[nH]1)C1CC1. The third-order valence-corrected chi connectivity index (χ3v) is 11.2. The fourth-order valence-electron chi connectivity index (χ4n) is 8.04. The zero-order valence-corrected chi connectivity index (χ0v) is 31.7. The highest BCUT2D eigenvalue weighted by Gasteiger charge is 2.44. The molecule has 0 spiro atoms. The first kappa shape index (κ1) is 36.3. The average molecular weight is 747 g/mol. The van der Waals surface area contributed by atoms with Crippen LogP contribution in [0.1, 0.15) is 76.1 Å². The number of amides is 3. The third-order valence-electron chi connectivity index (χ3n) is 11.2. The summed E-state index contributed by atoms with van der Waals surface area (Å²) in [5.41, 5.74) is 5.99. The molecule has 14 heteroatoms. The van der Waals surface area contributed by atoms with Crippen molar-refractivity contribution in [3.63, 3.8) is 0 Å². The Kier molecular flexibility index (Phi) is 10.3. The van der Waals surface area contributed by atoms with E-state index in [2.05, 4.69) is 98.3 Å². The van der Waals surface area contributed by atoms with Crippen LogP contribution in [0.5, 0.6) is 0 Å². The van der Waals surface area contributed by atoms with E-state index < -0.39 is 12.2 Å². The van der Waals surface area contributed by atoms with Crippen molar-refractivity contribution in [3.05, 3.63) is 72.6 Å². The van der Waals surface area contributed by atoms with Gasteiger partial charge in [0.15, 0.2) is 12.1 Å². The highest BCUT2D eigenvalue weighted by molar-refractivity contribution is 5.90. The molecule has 1 saturated carbocycles. The summed E-state index contributed by atoms with van der Waals surface area (Å²) in [7, 11) is 1.50. The summed E-state index contributed by atoms with van der Waals surface area (Å²) in [5.74, 6) is 2.38. The van der Waals surface area contributed by atoms with Crippen molar-refractivity contribution in [2.45, 2.75) is 76.6 Å². The topological polar surface area (TPSA) is 173 Å². The van der Waals surface area contributed by atoms with Gasteiger partial charge in [-0.1, -0.05) is 62.4 Å². The number of rotatable bonds is 11. The summed E-state index contributed by atoms with van der Waals surface area (Å²) in [4.78, 5) is 63.9. The molecule has 2 aromatic heterocycles. The standard InChI is InChI=1S/C41H50N10O4/c1-24(2)34(49-40-43-18-19-44-40)38(52)50-20-4-6-32(50)36-45-22-30(47-36)27-12-8-25(9-13-27)26-10-14-28(15-11-26)31-23-46-37(48-31)33-7-5-21-51(33)39(53)35(29-16-17-29)55-41(54)42-3/h8-15,22-24,29,32-35H,4-7,16-21H2,1-3H3,(H,42,54)(H,45,47)(H,46,48)(H2,43,44,49)/t32-,33-,34+,35-/m0/s1. The fourth-order valence-corrected chi connectivity index (χ4v) is 8.04. The van der Waals surface area contributed by atoms with E-state index in [9.17, 15) is 14.4 Å². The van der Waals surface area contributed by atoms with Gasteiger partial charge >= 0.3 is 6.09 Å². The molecule has 0 bridgehead atoms. The van der Waals surface area contributed by atoms with Crippen LogP contribution in [-0.2, 0) is 14.3 Å². The number of nitrogens with zero attached hydrogens (tertiary/aromatic N) is 5. The van der Waals surface area contributed by atoms with Crippen LogP contribution in [0.15, 0.2) is 65.9 Å². The van der Waals surface area contributed by atoms with E-state index in [0.29, 0.717) is 19.0 Å². The summed E-state index contributed by atoms with van der Waals surface area (Å²) >= 11 is 0. The molecule has 4 atom stereocenters. The zero-order chi connectivity index (χ0) is 38.1. The minimum absolute atomic E-state index is 0.0791. The smallest absolute Gasteiger partial charge is 0.407 e. The lowest BCUT2D eigenvalue weighted by molar-refractivity contribution is -0.142. The number of carbonyl (C=O) groups is 3. The Morgan fingerprint density at radius 2 is 1.29 bits per heavy atom. The Balaban J connectivity index is 0.909. The van der Waals surface area contributed by atoms with E-state index >= 15 is 0 Å². The molecule has 3 amide bonds. The van der Waals surface area contributed by atoms with Gasteiger partial charge in [-0.3, -0.25) is 14.6 Å². The first-order chi connectivity index (χ1) is 26.8. The maximum atomic E-state index is 13.8. The predicted octanol–water partition coefficient (Wildman–Crippen LogP) is 5.17. The van der Waals surface area contributed by atoms with Crippen molar-refractivity contribution < 1.29 is 19.1 Å². The minimum atomic E-state index is -0.755. The van der Waals surface area contributed by atoms with Crippen molar-refractivity contribution in [3.8, 4) is 33.6 Å². The molecule has 5 N–H and O–H groups in total. The Labute approximate surface area is 320 Å². The Bertz CT molecular complexity index is 2030. The summed E-state index contributed by atoms with van der Waals surface area (Å²) < 4.78 is 5.50. The molecule has 3 aliphatic heterocycles. The van der Waals surface area contributed by atoms with Gasteiger partial charge in [0.1, 0.15) is 17.7 Å². The lowest BCUT2D eigenvalue weighted by atomic mass is 10.0. The van der Waals surface area contributed by atoms with E-state index in [1.807, 2.05) is 22.2 Å². The Morgan fingerprint density at radius 3 is 1.76 bits per heavy atom. The summed E-state index contributed by atoms with van der Waals surface area (Å²) in [6.45, 7) is 6.94. The van der Waals surface area contributed by atoms with Gasteiger partial charge in [0.2, 0.25) is 5.91 Å². The molecule has 5 heterocycles. The van der Waals surface area contributed by atoms with Gasteiger partial charge in [0, 0.05) is 32.6 Å². The number of hydrogen-bond acceptors (Lipinski definition) is 9. The van der Waals surface area contributed by atoms with Gasteiger partial charge in [0.05, 0.1) is 42.4 Å². The minimum Gasteiger partial charge on any atom is -0.436 e. The number of H-pyrrole nitrogens is 2. The molecule has 8 rings (SSSR count). The summed E-state index contributed by atoms with van der Waals surface area (Å²) in [6.07, 6.45) is 7.59. The second-order valence-electron chi connectivity index (χ2n) is 15.3. The molecule has 55 heavy (non-hydrogen) atoms. The Morgan fingerprint density at radius 1 is 0.764 bits per heavy atom. The van der Waals surface area contributed by atoms with Gasteiger partial charge in [-0.05, 0) is 66.7 Å². The number of ether oxygens (including phenoxy) is 1. The van der Waals surface area contributed by atoms with Crippen molar-refractivity contribution in [2.75, 3.05) is 33.2 Å². The molecule has 2 saturated heterocycles. The number of aliphatic imine (C=N–C) groups is 1. The number of guanidine groups is 1. The molecule has 0 radical (unpaired) electrons. The fraction of sp³-hybridized carbons (Fsp3) is 0.463. The first-order valence-corrected chi connectivity index (χ1v) is 19.6. The number of hydrogen-bond donors (Lipinski definition) is 5. The van der Waals surface area contributed by atoms with Crippen LogP contribution in [0.4, 0.5) is 4.79 Å². The maximum Gasteiger partial charge on any atom is 0.407 e. The van der Waals surface area contributed by atoms with E-state index in [4.69, 9.17) is 9.72 Å². The molecular weight excluding hydrogens is 697 g/mol. The molecule has 0 unspecified atom stereocenters. The van der Waals surface area contributed by atoms with Crippen molar-refractivity contribution in [1.82, 2.24) is 45.7 Å². The quantitative estimate of drug-likeness (QED) is 0.140. The third kappa shape index (κ3) is 7.67. The molecule has 288 valence electrons. The number of likely N-dealkylation sites (tertiary alicyclic amines) is 2. The van der Waals surface area contributed by atoms with Gasteiger partial charge in [-0.2, -0.15) is 0 Å². The molecular formula is C41H50N10O4. The number of aromatic nitrogens is 4. The number of benzene rings is 2. The van der Waals surface area contributed by atoms with E-state index in [1.54, 1.807) is 0 Å². The lowest BCUT2D eigenvalue weighted by Crippen LogP contribution is -2.53. The van der Waals surface area contributed by atoms with Crippen LogP contribution in [0.25, 0.3) is 33.6 Å². The van der Waals surface area contributed by atoms with Crippen LogP contribution in [0.2, 0.25) is 0 Å². The maximum absolute atomic E-state index is 13.8. The second-order valence-corrected chi connectivity index (χ2v) is 15.3. The number of carbonyl (C=O) groups excluding carboxylic acids is 3. The highest BCUT2D eigenvalue weighted by atomic mass is 16.6. The molecule has 2 aromatic carbocycles. The normalized spacial score (nSPS) is 20.6. The summed E-state index contributed by atoms with van der Waals surface area (Å²) in [5, 5.41) is 9.04. The van der Waals surface area contributed by atoms with Crippen LogP contribution >= 0.6 is 0 Å². The van der Waals surface area contributed by atoms with E-state index in [1.165, 1.54) is 7.05 Å². The van der Waals surface area contributed by atoms with Crippen molar-refractivity contribution in [2.24, 2.45) is 16.8 Å². The molecule has 3 fully saturated rings. The number of imidazole rings is 2. The van der Waals surface area contributed by atoms with Crippen molar-refractivity contribution >= 4 is 23.9 Å². The van der Waals surface area contributed by atoms with E-state index in [-0.39, 0.29) is 41.8 Å². The molecule has 14 nitrogen and oxygen atoms in total. The first-order valence-electron chi connectivity index (χ1n) is 19.6. The van der Waals surface area contributed by atoms with Gasteiger partial charge in [-0.25, -0.2) is 14.8 Å². The second kappa shape index (κ2) is 15.6. The van der Waals surface area contributed by atoms with Crippen LogP contribution < -0.4 is 16.0 Å². The van der Waals surface area contributed by atoms with Gasteiger partial charge in [-0.15, -0.1) is 0 Å². The highest BCUT2D eigenvalue weighted by Crippen LogP contribution is 2.39. The average Bonchev–Trinajstić information content (AvgIpc) is 3.86. The van der Waals surface area contributed by atoms with Crippen LogP contribution in [0.3, 0.4) is 0 Å².